The average molecular weight is 482 g/mol. The quantitative estimate of drug-likeness (QED) is 0.492. The van der Waals surface area contributed by atoms with E-state index in [-0.39, 0.29) is 30.3 Å². The van der Waals surface area contributed by atoms with Crippen LogP contribution in [0.15, 0.2) is 47.1 Å². The lowest BCUT2D eigenvalue weighted by atomic mass is 9.50. The Labute approximate surface area is 194 Å². The Hall–Kier alpha value is -2.22. The summed E-state index contributed by atoms with van der Waals surface area (Å²) in [6.07, 6.45) is -2.85. The third-order valence-electron chi connectivity index (χ3n) is 9.06. The number of aliphatic hydroxyl groups is 1. The van der Waals surface area contributed by atoms with Gasteiger partial charge in [0.05, 0.1) is 0 Å². The standard InChI is InChI=1S/C26H27F5O3/c1-23-13-20(14-2-5-16(32)6-3-14)22-18-9-7-17(33)12-15(18)4-8-19(22)21(23)10-11-24(23,34)25(27,28)26(29,30)31/h2-3,5-6,12,19-21,32,34H,4,7-11,13H2,1H3/t19-,20?,21-,23-,24?/m0/s1. The molecule has 1 aromatic carbocycles. The Morgan fingerprint density at radius 1 is 1.00 bits per heavy atom. The number of carbonyl (C=O) groups is 1. The molecule has 8 heteroatoms. The van der Waals surface area contributed by atoms with Gasteiger partial charge in [0.2, 0.25) is 0 Å². The van der Waals surface area contributed by atoms with Gasteiger partial charge in [-0.3, -0.25) is 4.79 Å². The molecule has 0 radical (unpaired) electrons. The molecule has 0 spiro atoms. The molecule has 0 aliphatic heterocycles. The summed E-state index contributed by atoms with van der Waals surface area (Å²) < 4.78 is 70.4. The highest BCUT2D eigenvalue weighted by molar-refractivity contribution is 5.93. The number of benzene rings is 1. The van der Waals surface area contributed by atoms with Crippen LogP contribution in [0.3, 0.4) is 0 Å². The molecule has 5 atom stereocenters. The van der Waals surface area contributed by atoms with Gasteiger partial charge in [0.25, 0.3) is 0 Å². The first-order chi connectivity index (χ1) is 15.8. The van der Waals surface area contributed by atoms with Gasteiger partial charge in [-0.25, -0.2) is 0 Å². The molecule has 2 saturated carbocycles. The number of phenols is 1. The number of alkyl halides is 5. The molecule has 5 rings (SSSR count). The van der Waals surface area contributed by atoms with E-state index >= 15 is 0 Å². The number of fused-ring (bicyclic) bond motifs is 4. The predicted molar refractivity (Wildman–Crippen MR) is 114 cm³/mol. The van der Waals surface area contributed by atoms with Crippen LogP contribution < -0.4 is 0 Å². The van der Waals surface area contributed by atoms with Gasteiger partial charge in [0.1, 0.15) is 11.4 Å². The SMILES string of the molecule is C[C@]12CC(c3ccc(O)cc3)C3=C4CCC(=O)C=C4CC[C@H]3[C@@H]1CCC2(O)C(F)(F)C(F)(F)F. The van der Waals surface area contributed by atoms with Gasteiger partial charge >= 0.3 is 12.1 Å². The third kappa shape index (κ3) is 3.06. The van der Waals surface area contributed by atoms with Gasteiger partial charge in [0.15, 0.2) is 5.78 Å². The molecule has 3 nitrogen and oxygen atoms in total. The number of allylic oxidation sites excluding steroid dienone is 4. The van der Waals surface area contributed by atoms with Gasteiger partial charge in [-0.2, -0.15) is 22.0 Å². The van der Waals surface area contributed by atoms with Crippen molar-refractivity contribution >= 4 is 5.78 Å². The molecule has 0 saturated heterocycles. The summed E-state index contributed by atoms with van der Waals surface area (Å²) in [7, 11) is 0. The van der Waals surface area contributed by atoms with E-state index in [2.05, 4.69) is 0 Å². The lowest BCUT2D eigenvalue weighted by Gasteiger charge is -2.56. The smallest absolute Gasteiger partial charge is 0.456 e. The molecule has 4 aliphatic rings. The molecular formula is C26H27F5O3. The molecule has 0 aromatic heterocycles. The summed E-state index contributed by atoms with van der Waals surface area (Å²) in [6.45, 7) is 1.40. The molecule has 0 heterocycles. The number of phenolic OH excluding ortho intramolecular Hbond substituents is 1. The predicted octanol–water partition coefficient (Wildman–Crippen LogP) is 6.22. The summed E-state index contributed by atoms with van der Waals surface area (Å²) >= 11 is 0. The number of halogens is 5. The Bertz CT molecular complexity index is 1090. The highest BCUT2D eigenvalue weighted by Gasteiger charge is 2.79. The number of rotatable bonds is 2. The summed E-state index contributed by atoms with van der Waals surface area (Å²) in [4.78, 5) is 12.0. The molecule has 0 amide bonds. The first-order valence-corrected chi connectivity index (χ1v) is 11.7. The normalized spacial score (nSPS) is 36.0. The molecule has 2 unspecified atom stereocenters. The number of hydrogen-bond donors (Lipinski definition) is 2. The van der Waals surface area contributed by atoms with E-state index < -0.39 is 41.4 Å². The highest BCUT2D eigenvalue weighted by Crippen LogP contribution is 2.70. The van der Waals surface area contributed by atoms with Crippen molar-refractivity contribution in [2.45, 2.75) is 75.5 Å². The van der Waals surface area contributed by atoms with E-state index in [4.69, 9.17) is 0 Å². The van der Waals surface area contributed by atoms with Crippen LogP contribution in [0, 0.1) is 17.3 Å². The Morgan fingerprint density at radius 3 is 2.32 bits per heavy atom. The van der Waals surface area contributed by atoms with Gasteiger partial charge < -0.3 is 10.2 Å². The molecule has 2 fully saturated rings. The third-order valence-corrected chi connectivity index (χ3v) is 9.06. The van der Waals surface area contributed by atoms with Crippen LogP contribution in [0.2, 0.25) is 0 Å². The minimum Gasteiger partial charge on any atom is -0.508 e. The van der Waals surface area contributed by atoms with E-state index in [1.54, 1.807) is 18.2 Å². The second kappa shape index (κ2) is 7.39. The van der Waals surface area contributed by atoms with Crippen molar-refractivity contribution in [3.63, 3.8) is 0 Å². The van der Waals surface area contributed by atoms with E-state index in [0.29, 0.717) is 31.2 Å². The second-order valence-electron chi connectivity index (χ2n) is 10.6. The van der Waals surface area contributed by atoms with Crippen molar-refractivity contribution in [3.05, 3.63) is 52.6 Å². The zero-order valence-corrected chi connectivity index (χ0v) is 18.8. The summed E-state index contributed by atoms with van der Waals surface area (Å²) in [5.41, 5.74) is -1.22. The molecule has 34 heavy (non-hydrogen) atoms. The lowest BCUT2D eigenvalue weighted by molar-refractivity contribution is -0.362. The highest BCUT2D eigenvalue weighted by atomic mass is 19.4. The average Bonchev–Trinajstić information content (AvgIpc) is 3.04. The van der Waals surface area contributed by atoms with Gasteiger partial charge in [-0.05, 0) is 85.3 Å². The molecular weight excluding hydrogens is 455 g/mol. The van der Waals surface area contributed by atoms with Gasteiger partial charge in [-0.15, -0.1) is 0 Å². The zero-order chi connectivity index (χ0) is 24.7. The van der Waals surface area contributed by atoms with E-state index in [9.17, 15) is 37.0 Å². The molecule has 0 bridgehead atoms. The molecule has 184 valence electrons. The van der Waals surface area contributed by atoms with Crippen LogP contribution in [0.1, 0.15) is 63.4 Å². The largest absolute Gasteiger partial charge is 0.508 e. The van der Waals surface area contributed by atoms with Crippen molar-refractivity contribution in [2.75, 3.05) is 0 Å². The van der Waals surface area contributed by atoms with E-state index in [1.165, 1.54) is 19.1 Å². The first-order valence-electron chi connectivity index (χ1n) is 11.7. The molecule has 2 N–H and O–H groups in total. The fourth-order valence-corrected chi connectivity index (χ4v) is 7.42. The van der Waals surface area contributed by atoms with Crippen LogP contribution in [0.25, 0.3) is 0 Å². The number of ketones is 1. The Kier molecular flexibility index (Phi) is 5.11. The summed E-state index contributed by atoms with van der Waals surface area (Å²) in [6, 6.07) is 6.27. The lowest BCUT2D eigenvalue weighted by Crippen LogP contribution is -2.65. The van der Waals surface area contributed by atoms with Crippen molar-refractivity contribution in [2.24, 2.45) is 17.3 Å². The summed E-state index contributed by atoms with van der Waals surface area (Å²) in [5.74, 6) is -6.46. The van der Waals surface area contributed by atoms with E-state index in [0.717, 1.165) is 16.7 Å². The van der Waals surface area contributed by atoms with Crippen LogP contribution in [0.5, 0.6) is 5.75 Å². The van der Waals surface area contributed by atoms with Crippen LogP contribution >= 0.6 is 0 Å². The molecule has 1 aromatic rings. The Balaban J connectivity index is 1.69. The van der Waals surface area contributed by atoms with Crippen molar-refractivity contribution in [3.8, 4) is 5.75 Å². The van der Waals surface area contributed by atoms with E-state index in [1.807, 2.05) is 0 Å². The minimum absolute atomic E-state index is 0.0197. The fourth-order valence-electron chi connectivity index (χ4n) is 7.42. The van der Waals surface area contributed by atoms with Gasteiger partial charge in [0, 0.05) is 17.8 Å². The Morgan fingerprint density at radius 2 is 1.68 bits per heavy atom. The van der Waals surface area contributed by atoms with Crippen LogP contribution in [-0.2, 0) is 4.79 Å². The van der Waals surface area contributed by atoms with Crippen molar-refractivity contribution < 1.29 is 37.0 Å². The van der Waals surface area contributed by atoms with Crippen LogP contribution in [0.4, 0.5) is 22.0 Å². The number of aromatic hydroxyl groups is 1. The zero-order valence-electron chi connectivity index (χ0n) is 18.8. The fraction of sp³-hybridized carbons (Fsp3) is 0.577. The number of carbonyl (C=O) groups excluding carboxylic acids is 1. The van der Waals surface area contributed by atoms with Crippen molar-refractivity contribution in [1.82, 2.24) is 0 Å². The van der Waals surface area contributed by atoms with Crippen LogP contribution in [-0.4, -0.2) is 33.7 Å². The summed E-state index contributed by atoms with van der Waals surface area (Å²) in [5, 5.41) is 21.0. The number of hydrogen-bond acceptors (Lipinski definition) is 3. The minimum atomic E-state index is -5.86. The first kappa shape index (κ1) is 23.5. The second-order valence-corrected chi connectivity index (χ2v) is 10.6. The topological polar surface area (TPSA) is 57.5 Å². The van der Waals surface area contributed by atoms with Gasteiger partial charge in [-0.1, -0.05) is 24.6 Å². The maximum absolute atomic E-state index is 14.9. The van der Waals surface area contributed by atoms with Crippen molar-refractivity contribution in [1.29, 1.82) is 0 Å². The molecule has 4 aliphatic carbocycles. The maximum Gasteiger partial charge on any atom is 0.456 e. The monoisotopic (exact) mass is 482 g/mol. The maximum atomic E-state index is 14.9.